The Balaban J connectivity index is 1.39. The van der Waals surface area contributed by atoms with Crippen LogP contribution in [0.2, 0.25) is 0 Å². The van der Waals surface area contributed by atoms with Crippen molar-refractivity contribution in [2.24, 2.45) is 5.73 Å². The van der Waals surface area contributed by atoms with Crippen LogP contribution in [0.4, 0.5) is 0 Å². The van der Waals surface area contributed by atoms with Crippen LogP contribution in [0.1, 0.15) is 16.7 Å². The van der Waals surface area contributed by atoms with Crippen molar-refractivity contribution in [3.8, 4) is 0 Å². The fourth-order valence-corrected chi connectivity index (χ4v) is 5.42. The first kappa shape index (κ1) is 31.9. The van der Waals surface area contributed by atoms with Crippen molar-refractivity contribution in [2.75, 3.05) is 6.61 Å². The second-order valence-electron chi connectivity index (χ2n) is 11.1. The molecule has 0 fully saturated rings. The summed E-state index contributed by atoms with van der Waals surface area (Å²) in [6.45, 7) is -0.626. The zero-order valence-electron chi connectivity index (χ0n) is 24.9. The lowest BCUT2D eigenvalue weighted by Crippen LogP contribution is -2.58. The average molecular weight is 625 g/mol. The molecule has 2 aromatic heterocycles. The highest BCUT2D eigenvalue weighted by atomic mass is 16.4. The third-order valence-electron chi connectivity index (χ3n) is 7.89. The van der Waals surface area contributed by atoms with E-state index in [1.54, 1.807) is 36.7 Å². The molecule has 0 saturated carbocycles. The maximum Gasteiger partial charge on any atom is 0.326 e. The van der Waals surface area contributed by atoms with Gasteiger partial charge in [-0.05, 0) is 28.8 Å². The van der Waals surface area contributed by atoms with E-state index >= 15 is 0 Å². The molecule has 0 aliphatic heterocycles. The van der Waals surface area contributed by atoms with E-state index in [1.165, 1.54) is 0 Å². The van der Waals surface area contributed by atoms with Crippen LogP contribution in [0.25, 0.3) is 21.8 Å². The minimum Gasteiger partial charge on any atom is -0.480 e. The fraction of sp³-hybridized carbons (Fsp3) is 0.235. The van der Waals surface area contributed by atoms with Gasteiger partial charge in [0.05, 0.1) is 6.61 Å². The van der Waals surface area contributed by atoms with Gasteiger partial charge in [-0.3, -0.25) is 14.4 Å². The van der Waals surface area contributed by atoms with Gasteiger partial charge in [-0.1, -0.05) is 66.7 Å². The zero-order valence-corrected chi connectivity index (χ0v) is 24.9. The first-order valence-electron chi connectivity index (χ1n) is 14.9. The molecule has 0 radical (unpaired) electrons. The highest BCUT2D eigenvalue weighted by molar-refractivity contribution is 5.95. The number of carbonyl (C=O) groups excluding carboxylic acids is 3. The minimum atomic E-state index is -1.29. The Hall–Kier alpha value is -5.46. The third-order valence-corrected chi connectivity index (χ3v) is 7.89. The molecule has 46 heavy (non-hydrogen) atoms. The number of H-pyrrole nitrogens is 2. The minimum absolute atomic E-state index is 0.00931. The Labute approximate surface area is 264 Å². The molecule has 0 spiro atoms. The topological polar surface area (TPSA) is 202 Å². The summed E-state index contributed by atoms with van der Waals surface area (Å²) in [6, 6.07) is 19.0. The standard InChI is InChI=1S/C34H36N6O6/c35-25(19-41)31(42)38-29(15-21-17-36-26-12-6-4-10-23(21)26)33(44)39-28(14-20-8-2-1-3-9-20)32(43)40-30(34(45)46)16-22-18-37-27-13-7-5-11-24(22)27/h1-13,17-18,25,28-30,36-37,41H,14-16,19,35H2,(H,38,42)(H,39,44)(H,40,43)(H,45,46). The number of carboxylic acids is 1. The number of aromatic amines is 2. The SMILES string of the molecule is NC(CO)C(=O)NC(Cc1c[nH]c2ccccc12)C(=O)NC(Cc1ccccc1)C(=O)NC(Cc1c[nH]c2ccccc12)C(=O)O. The van der Waals surface area contributed by atoms with Crippen LogP contribution in [0.5, 0.6) is 0 Å². The second-order valence-corrected chi connectivity index (χ2v) is 11.1. The van der Waals surface area contributed by atoms with E-state index in [9.17, 15) is 29.4 Å². The van der Waals surface area contributed by atoms with Crippen molar-refractivity contribution >= 4 is 45.5 Å². The van der Waals surface area contributed by atoms with Gasteiger partial charge in [-0.15, -0.1) is 0 Å². The van der Waals surface area contributed by atoms with E-state index in [-0.39, 0.29) is 19.3 Å². The largest absolute Gasteiger partial charge is 0.480 e. The lowest BCUT2D eigenvalue weighted by molar-refractivity contribution is -0.142. The molecule has 4 atom stereocenters. The number of rotatable bonds is 14. The van der Waals surface area contributed by atoms with Crippen LogP contribution in [0, 0.1) is 0 Å². The van der Waals surface area contributed by atoms with Crippen molar-refractivity contribution in [3.05, 3.63) is 108 Å². The number of aliphatic hydroxyl groups is 1. The molecule has 0 aliphatic rings. The third kappa shape index (κ3) is 7.60. The van der Waals surface area contributed by atoms with Gasteiger partial charge in [0.2, 0.25) is 17.7 Å². The molecule has 238 valence electrons. The van der Waals surface area contributed by atoms with Crippen LogP contribution < -0.4 is 21.7 Å². The maximum atomic E-state index is 13.8. The number of amides is 3. The Morgan fingerprint density at radius 3 is 1.63 bits per heavy atom. The molecule has 5 rings (SSSR count). The fourth-order valence-electron chi connectivity index (χ4n) is 5.42. The summed E-state index contributed by atoms with van der Waals surface area (Å²) in [6.07, 6.45) is 3.57. The molecular weight excluding hydrogens is 588 g/mol. The number of para-hydroxylation sites is 2. The van der Waals surface area contributed by atoms with E-state index in [0.717, 1.165) is 32.9 Å². The highest BCUT2D eigenvalue weighted by Gasteiger charge is 2.31. The van der Waals surface area contributed by atoms with Crippen molar-refractivity contribution in [2.45, 2.75) is 43.4 Å². The number of hydrogen-bond acceptors (Lipinski definition) is 6. The number of aliphatic hydroxyl groups excluding tert-OH is 1. The van der Waals surface area contributed by atoms with Gasteiger partial charge in [-0.25, -0.2) is 4.79 Å². The molecule has 9 N–H and O–H groups in total. The Bertz CT molecular complexity index is 1830. The smallest absolute Gasteiger partial charge is 0.326 e. The second kappa shape index (κ2) is 14.5. The molecule has 3 aromatic carbocycles. The van der Waals surface area contributed by atoms with E-state index in [1.807, 2.05) is 54.6 Å². The van der Waals surface area contributed by atoms with Crippen molar-refractivity contribution in [1.82, 2.24) is 25.9 Å². The molecule has 5 aromatic rings. The van der Waals surface area contributed by atoms with Crippen molar-refractivity contribution in [1.29, 1.82) is 0 Å². The van der Waals surface area contributed by atoms with E-state index in [2.05, 4.69) is 25.9 Å². The van der Waals surface area contributed by atoms with Gasteiger partial charge >= 0.3 is 5.97 Å². The summed E-state index contributed by atoms with van der Waals surface area (Å²) >= 11 is 0. The van der Waals surface area contributed by atoms with Gasteiger partial charge in [0.1, 0.15) is 24.2 Å². The highest BCUT2D eigenvalue weighted by Crippen LogP contribution is 2.21. The van der Waals surface area contributed by atoms with Gasteiger partial charge in [0, 0.05) is 53.5 Å². The number of aromatic nitrogens is 2. The predicted molar refractivity (Wildman–Crippen MR) is 173 cm³/mol. The molecule has 4 unspecified atom stereocenters. The van der Waals surface area contributed by atoms with Gasteiger partial charge in [-0.2, -0.15) is 0 Å². The molecule has 0 bridgehead atoms. The first-order valence-corrected chi connectivity index (χ1v) is 14.9. The average Bonchev–Trinajstić information content (AvgIpc) is 3.67. The predicted octanol–water partition coefficient (Wildman–Crippen LogP) is 1.54. The van der Waals surface area contributed by atoms with Crippen molar-refractivity contribution in [3.63, 3.8) is 0 Å². The number of fused-ring (bicyclic) bond motifs is 2. The number of nitrogens with two attached hydrogens (primary N) is 1. The number of nitrogens with one attached hydrogen (secondary N) is 5. The van der Waals surface area contributed by atoms with Crippen LogP contribution in [-0.2, 0) is 38.4 Å². The normalized spacial score (nSPS) is 13.9. The van der Waals surface area contributed by atoms with Crippen LogP contribution in [-0.4, -0.2) is 74.6 Å². The van der Waals surface area contributed by atoms with E-state index in [0.29, 0.717) is 5.56 Å². The lowest BCUT2D eigenvalue weighted by Gasteiger charge is -2.25. The number of carbonyl (C=O) groups is 4. The molecule has 12 nitrogen and oxygen atoms in total. The Morgan fingerprint density at radius 2 is 1.09 bits per heavy atom. The lowest BCUT2D eigenvalue weighted by atomic mass is 10.0. The molecule has 0 saturated heterocycles. The van der Waals surface area contributed by atoms with Gasteiger partial charge in [0.25, 0.3) is 0 Å². The summed E-state index contributed by atoms with van der Waals surface area (Å²) in [5.74, 6) is -3.35. The first-order chi connectivity index (χ1) is 22.2. The zero-order chi connectivity index (χ0) is 32.6. The number of aliphatic carboxylic acids is 1. The number of carboxylic acid groups (broad SMARTS) is 1. The molecule has 2 heterocycles. The molecule has 0 aliphatic carbocycles. The summed E-state index contributed by atoms with van der Waals surface area (Å²) in [5, 5.41) is 29.1. The summed E-state index contributed by atoms with van der Waals surface area (Å²) in [7, 11) is 0. The van der Waals surface area contributed by atoms with E-state index in [4.69, 9.17) is 5.73 Å². The summed E-state index contributed by atoms with van der Waals surface area (Å²) in [5.41, 5.74) is 9.59. The molecule has 12 heteroatoms. The van der Waals surface area contributed by atoms with Gasteiger partial charge < -0.3 is 41.9 Å². The Morgan fingerprint density at radius 1 is 0.630 bits per heavy atom. The maximum absolute atomic E-state index is 13.8. The summed E-state index contributed by atoms with van der Waals surface area (Å²) < 4.78 is 0. The monoisotopic (exact) mass is 624 g/mol. The summed E-state index contributed by atoms with van der Waals surface area (Å²) in [4.78, 5) is 58.9. The van der Waals surface area contributed by atoms with E-state index < -0.39 is 54.5 Å². The van der Waals surface area contributed by atoms with Crippen LogP contribution in [0.15, 0.2) is 91.3 Å². The van der Waals surface area contributed by atoms with Crippen molar-refractivity contribution < 1.29 is 29.4 Å². The molecular formula is C34H36N6O6. The van der Waals surface area contributed by atoms with Crippen LogP contribution >= 0.6 is 0 Å². The Kier molecular flexibility index (Phi) is 10.1. The van der Waals surface area contributed by atoms with Crippen LogP contribution in [0.3, 0.4) is 0 Å². The molecule has 3 amide bonds. The van der Waals surface area contributed by atoms with Gasteiger partial charge in [0.15, 0.2) is 0 Å². The number of benzene rings is 3. The number of hydrogen-bond donors (Lipinski definition) is 8. The quantitative estimate of drug-likeness (QED) is 0.0915.